The molecule has 1 fully saturated rings. The van der Waals surface area contributed by atoms with Crippen molar-refractivity contribution < 1.29 is 0 Å². The number of anilines is 1. The van der Waals surface area contributed by atoms with Gasteiger partial charge in [-0.15, -0.1) is 0 Å². The van der Waals surface area contributed by atoms with Crippen molar-refractivity contribution in [3.05, 3.63) is 23.4 Å². The molecular weight excluding hydrogens is 236 g/mol. The molecule has 0 aliphatic carbocycles. The first-order chi connectivity index (χ1) is 9.24. The van der Waals surface area contributed by atoms with Gasteiger partial charge in [-0.1, -0.05) is 6.42 Å². The zero-order valence-electron chi connectivity index (χ0n) is 11.8. The quantitative estimate of drug-likeness (QED) is 0.900. The van der Waals surface area contributed by atoms with Crippen LogP contribution in [-0.4, -0.2) is 30.7 Å². The van der Waals surface area contributed by atoms with E-state index >= 15 is 0 Å². The summed E-state index contributed by atoms with van der Waals surface area (Å²) in [6.07, 6.45) is 3.78. The Bertz CT molecular complexity index is 458. The van der Waals surface area contributed by atoms with Crippen LogP contribution in [0.25, 0.3) is 0 Å². The van der Waals surface area contributed by atoms with E-state index in [2.05, 4.69) is 28.2 Å². The molecule has 0 saturated carbocycles. The summed E-state index contributed by atoms with van der Waals surface area (Å²) >= 11 is 0. The van der Waals surface area contributed by atoms with Gasteiger partial charge in [0.15, 0.2) is 0 Å². The first-order valence-corrected chi connectivity index (χ1v) is 7.10. The van der Waals surface area contributed by atoms with Gasteiger partial charge in [-0.05, 0) is 45.4 Å². The number of aromatic nitrogens is 1. The molecule has 1 N–H and O–H groups in total. The Labute approximate surface area is 115 Å². The van der Waals surface area contributed by atoms with Gasteiger partial charge in [0, 0.05) is 24.8 Å². The van der Waals surface area contributed by atoms with Gasteiger partial charge in [0.25, 0.3) is 0 Å². The second kappa shape index (κ2) is 6.53. The van der Waals surface area contributed by atoms with E-state index in [0.717, 1.165) is 31.1 Å². The van der Waals surface area contributed by atoms with Crippen molar-refractivity contribution in [2.24, 2.45) is 0 Å². The zero-order valence-corrected chi connectivity index (χ0v) is 11.8. The Kier molecular flexibility index (Phi) is 4.75. The summed E-state index contributed by atoms with van der Waals surface area (Å²) in [5.41, 5.74) is 1.63. The molecule has 102 valence electrons. The molecule has 2 heterocycles. The van der Waals surface area contributed by atoms with E-state index in [4.69, 9.17) is 0 Å². The van der Waals surface area contributed by atoms with E-state index in [1.165, 1.54) is 19.3 Å². The standard InChI is InChI=1S/C15H22N4/c1-3-19(11-14-6-4-5-9-17-14)15-13(10-16)8-7-12(2)18-15/h7-8,14,17H,3-6,9,11H2,1-2H3. The van der Waals surface area contributed by atoms with Crippen molar-refractivity contribution in [2.45, 2.75) is 39.2 Å². The Morgan fingerprint density at radius 3 is 2.95 bits per heavy atom. The van der Waals surface area contributed by atoms with Crippen LogP contribution in [0.3, 0.4) is 0 Å². The topological polar surface area (TPSA) is 52.0 Å². The van der Waals surface area contributed by atoms with Crippen molar-refractivity contribution in [1.82, 2.24) is 10.3 Å². The maximum Gasteiger partial charge on any atom is 0.146 e. The number of rotatable bonds is 4. The van der Waals surface area contributed by atoms with E-state index in [0.29, 0.717) is 11.6 Å². The number of pyridine rings is 1. The lowest BCUT2D eigenvalue weighted by Gasteiger charge is -2.31. The minimum Gasteiger partial charge on any atom is -0.354 e. The molecule has 2 rings (SSSR count). The molecule has 19 heavy (non-hydrogen) atoms. The molecule has 1 unspecified atom stereocenters. The molecule has 0 aromatic carbocycles. The zero-order chi connectivity index (χ0) is 13.7. The van der Waals surface area contributed by atoms with Crippen molar-refractivity contribution in [3.8, 4) is 6.07 Å². The summed E-state index contributed by atoms with van der Waals surface area (Å²) in [5.74, 6) is 0.831. The highest BCUT2D eigenvalue weighted by Crippen LogP contribution is 2.19. The molecule has 0 amide bonds. The molecule has 0 spiro atoms. The van der Waals surface area contributed by atoms with Crippen molar-refractivity contribution in [1.29, 1.82) is 5.26 Å². The highest BCUT2D eigenvalue weighted by Gasteiger charge is 2.18. The summed E-state index contributed by atoms with van der Waals surface area (Å²) in [4.78, 5) is 6.77. The van der Waals surface area contributed by atoms with Gasteiger partial charge < -0.3 is 10.2 Å². The minimum absolute atomic E-state index is 0.516. The molecule has 1 aromatic rings. The van der Waals surface area contributed by atoms with Crippen LogP contribution in [-0.2, 0) is 0 Å². The maximum absolute atomic E-state index is 9.23. The first-order valence-electron chi connectivity index (χ1n) is 7.10. The maximum atomic E-state index is 9.23. The SMILES string of the molecule is CCN(CC1CCCCN1)c1nc(C)ccc1C#N. The molecule has 1 saturated heterocycles. The van der Waals surface area contributed by atoms with Crippen molar-refractivity contribution in [3.63, 3.8) is 0 Å². The molecule has 1 aliphatic heterocycles. The van der Waals surface area contributed by atoms with Gasteiger partial charge in [0.05, 0.1) is 5.56 Å². The van der Waals surface area contributed by atoms with E-state index < -0.39 is 0 Å². The lowest BCUT2D eigenvalue weighted by atomic mass is 10.0. The van der Waals surface area contributed by atoms with Crippen LogP contribution in [0.15, 0.2) is 12.1 Å². The van der Waals surface area contributed by atoms with Gasteiger partial charge in [0.1, 0.15) is 11.9 Å². The second-order valence-electron chi connectivity index (χ2n) is 5.12. The summed E-state index contributed by atoms with van der Waals surface area (Å²) in [6.45, 7) is 7.00. The largest absolute Gasteiger partial charge is 0.354 e. The number of nitrogens with one attached hydrogen (secondary N) is 1. The summed E-state index contributed by atoms with van der Waals surface area (Å²) < 4.78 is 0. The first kappa shape index (κ1) is 13.8. The minimum atomic E-state index is 0.516. The number of hydrogen-bond donors (Lipinski definition) is 1. The molecule has 1 aliphatic rings. The van der Waals surface area contributed by atoms with Gasteiger partial charge in [-0.2, -0.15) is 5.26 Å². The number of likely N-dealkylation sites (N-methyl/N-ethyl adjacent to an activating group) is 1. The predicted octanol–water partition coefficient (Wildman–Crippen LogP) is 2.23. The summed E-state index contributed by atoms with van der Waals surface area (Å²) in [5, 5.41) is 12.8. The molecule has 1 aromatic heterocycles. The third-order valence-electron chi connectivity index (χ3n) is 3.67. The number of hydrogen-bond acceptors (Lipinski definition) is 4. The monoisotopic (exact) mass is 258 g/mol. The molecular formula is C15H22N4. The Balaban J connectivity index is 2.16. The van der Waals surface area contributed by atoms with E-state index in [-0.39, 0.29) is 0 Å². The van der Waals surface area contributed by atoms with Crippen LogP contribution in [0.5, 0.6) is 0 Å². The molecule has 4 heteroatoms. The molecule has 1 atom stereocenters. The second-order valence-corrected chi connectivity index (χ2v) is 5.12. The fourth-order valence-electron chi connectivity index (χ4n) is 2.58. The Morgan fingerprint density at radius 1 is 1.47 bits per heavy atom. The molecule has 0 bridgehead atoms. The number of nitriles is 1. The van der Waals surface area contributed by atoms with Crippen LogP contribution in [0.2, 0.25) is 0 Å². The third-order valence-corrected chi connectivity index (χ3v) is 3.67. The number of piperidine rings is 1. The Hall–Kier alpha value is -1.60. The lowest BCUT2D eigenvalue weighted by molar-refractivity contribution is 0.399. The van der Waals surface area contributed by atoms with E-state index in [9.17, 15) is 5.26 Å². The fourth-order valence-corrected chi connectivity index (χ4v) is 2.58. The number of aryl methyl sites for hydroxylation is 1. The van der Waals surface area contributed by atoms with Crippen molar-refractivity contribution >= 4 is 5.82 Å². The average molecular weight is 258 g/mol. The highest BCUT2D eigenvalue weighted by atomic mass is 15.2. The van der Waals surface area contributed by atoms with Gasteiger partial charge in [-0.25, -0.2) is 4.98 Å². The lowest BCUT2D eigenvalue weighted by Crippen LogP contribution is -2.44. The summed E-state index contributed by atoms with van der Waals surface area (Å²) in [6, 6.07) is 6.53. The van der Waals surface area contributed by atoms with Crippen LogP contribution < -0.4 is 10.2 Å². The van der Waals surface area contributed by atoms with Gasteiger partial charge >= 0.3 is 0 Å². The van der Waals surface area contributed by atoms with Crippen LogP contribution in [0, 0.1) is 18.3 Å². The molecule has 4 nitrogen and oxygen atoms in total. The molecule has 0 radical (unpaired) electrons. The normalized spacial score (nSPS) is 18.9. The van der Waals surface area contributed by atoms with Crippen LogP contribution in [0.4, 0.5) is 5.82 Å². The average Bonchev–Trinajstić information content (AvgIpc) is 2.46. The van der Waals surface area contributed by atoms with Crippen molar-refractivity contribution in [2.75, 3.05) is 24.5 Å². The Morgan fingerprint density at radius 2 is 2.32 bits per heavy atom. The highest BCUT2D eigenvalue weighted by molar-refractivity contribution is 5.54. The van der Waals surface area contributed by atoms with E-state index in [1.807, 2.05) is 19.1 Å². The smallest absolute Gasteiger partial charge is 0.146 e. The summed E-state index contributed by atoms with van der Waals surface area (Å²) in [7, 11) is 0. The fraction of sp³-hybridized carbons (Fsp3) is 0.600. The van der Waals surface area contributed by atoms with Gasteiger partial charge in [0.2, 0.25) is 0 Å². The van der Waals surface area contributed by atoms with Gasteiger partial charge in [-0.3, -0.25) is 0 Å². The van der Waals surface area contributed by atoms with Crippen LogP contribution in [0.1, 0.15) is 37.4 Å². The predicted molar refractivity (Wildman–Crippen MR) is 77.2 cm³/mol. The number of nitrogens with zero attached hydrogens (tertiary/aromatic N) is 3. The third kappa shape index (κ3) is 3.45. The van der Waals surface area contributed by atoms with Crippen LogP contribution >= 0.6 is 0 Å². The van der Waals surface area contributed by atoms with E-state index in [1.54, 1.807) is 0 Å².